The Bertz CT molecular complexity index is 222. The lowest BCUT2D eigenvalue weighted by atomic mass is 10.2. The zero-order valence-electron chi connectivity index (χ0n) is 9.46. The van der Waals surface area contributed by atoms with Crippen LogP contribution in [0.25, 0.3) is 0 Å². The van der Waals surface area contributed by atoms with Crippen LogP contribution in [-0.4, -0.2) is 42.6 Å². The summed E-state index contributed by atoms with van der Waals surface area (Å²) in [6.45, 7) is 4.81. The highest BCUT2D eigenvalue weighted by Gasteiger charge is 2.26. The van der Waals surface area contributed by atoms with Crippen molar-refractivity contribution in [2.75, 3.05) is 19.6 Å². The topological polar surface area (TPSA) is 44.4 Å². The second kappa shape index (κ2) is 4.84. The smallest absolute Gasteiger partial charge is 0.317 e. The van der Waals surface area contributed by atoms with E-state index in [1.165, 1.54) is 12.8 Å². The van der Waals surface area contributed by atoms with Gasteiger partial charge in [-0.25, -0.2) is 4.79 Å². The van der Waals surface area contributed by atoms with E-state index >= 15 is 0 Å². The lowest BCUT2D eigenvalue weighted by Gasteiger charge is -2.24. The lowest BCUT2D eigenvalue weighted by Crippen LogP contribution is -2.46. The molecule has 2 aliphatic rings. The number of rotatable bonds is 4. The number of urea groups is 1. The van der Waals surface area contributed by atoms with Gasteiger partial charge in [-0.05, 0) is 39.2 Å². The summed E-state index contributed by atoms with van der Waals surface area (Å²) in [6, 6.07) is 1.09. The summed E-state index contributed by atoms with van der Waals surface area (Å²) >= 11 is 0. The Morgan fingerprint density at radius 3 is 2.80 bits per heavy atom. The van der Waals surface area contributed by atoms with Gasteiger partial charge >= 0.3 is 6.03 Å². The average Bonchev–Trinajstić information content (AvgIpc) is 2.89. The fourth-order valence-electron chi connectivity index (χ4n) is 2.03. The molecule has 0 aromatic rings. The van der Waals surface area contributed by atoms with Gasteiger partial charge in [0.2, 0.25) is 0 Å². The molecule has 2 N–H and O–H groups in total. The fourth-order valence-corrected chi connectivity index (χ4v) is 2.03. The molecule has 4 nitrogen and oxygen atoms in total. The van der Waals surface area contributed by atoms with Crippen LogP contribution in [0.2, 0.25) is 0 Å². The number of hydrogen-bond acceptors (Lipinski definition) is 2. The first-order valence-electron chi connectivity index (χ1n) is 6.08. The normalized spacial score (nSPS) is 25.3. The highest BCUT2D eigenvalue weighted by molar-refractivity contribution is 5.74. The fraction of sp³-hybridized carbons (Fsp3) is 0.909. The molecule has 1 atom stereocenters. The lowest BCUT2D eigenvalue weighted by molar-refractivity contribution is 0.195. The predicted molar refractivity (Wildman–Crippen MR) is 59.8 cm³/mol. The molecule has 0 radical (unpaired) electrons. The third kappa shape index (κ3) is 3.09. The van der Waals surface area contributed by atoms with E-state index in [2.05, 4.69) is 10.6 Å². The molecule has 1 aliphatic carbocycles. The molecule has 0 spiro atoms. The van der Waals surface area contributed by atoms with E-state index in [4.69, 9.17) is 0 Å². The highest BCUT2D eigenvalue weighted by Crippen LogP contribution is 2.19. The van der Waals surface area contributed by atoms with Crippen molar-refractivity contribution in [3.63, 3.8) is 0 Å². The maximum Gasteiger partial charge on any atom is 0.317 e. The maximum absolute atomic E-state index is 11.8. The van der Waals surface area contributed by atoms with Crippen molar-refractivity contribution in [1.82, 2.24) is 15.5 Å². The van der Waals surface area contributed by atoms with Crippen LogP contribution in [0.5, 0.6) is 0 Å². The van der Waals surface area contributed by atoms with Gasteiger partial charge in [-0.3, -0.25) is 0 Å². The van der Waals surface area contributed by atoms with Crippen LogP contribution in [0.4, 0.5) is 4.79 Å². The van der Waals surface area contributed by atoms with Gasteiger partial charge < -0.3 is 15.5 Å². The summed E-state index contributed by atoms with van der Waals surface area (Å²) in [4.78, 5) is 13.7. The van der Waals surface area contributed by atoms with Crippen LogP contribution in [0.15, 0.2) is 0 Å². The van der Waals surface area contributed by atoms with Crippen molar-refractivity contribution >= 4 is 6.03 Å². The van der Waals surface area contributed by atoms with Crippen molar-refractivity contribution in [1.29, 1.82) is 0 Å². The number of hydrogen-bond donors (Lipinski definition) is 2. The van der Waals surface area contributed by atoms with E-state index < -0.39 is 0 Å². The molecule has 15 heavy (non-hydrogen) atoms. The van der Waals surface area contributed by atoms with Gasteiger partial charge in [0.25, 0.3) is 0 Å². The maximum atomic E-state index is 11.8. The predicted octanol–water partition coefficient (Wildman–Crippen LogP) is 0.932. The third-order valence-corrected chi connectivity index (χ3v) is 3.18. The standard InChI is InChI=1S/C11H21N3O/c1-2-14(8-10-4-3-7-12-10)11(15)13-9-5-6-9/h9-10,12H,2-8H2,1H3,(H,13,15). The van der Waals surface area contributed by atoms with Crippen LogP contribution < -0.4 is 10.6 Å². The van der Waals surface area contributed by atoms with Crippen molar-refractivity contribution in [3.05, 3.63) is 0 Å². The second-order valence-corrected chi connectivity index (χ2v) is 4.56. The Labute approximate surface area is 91.4 Å². The Morgan fingerprint density at radius 2 is 2.27 bits per heavy atom. The molecule has 0 aromatic carbocycles. The molecule has 2 fully saturated rings. The molecule has 86 valence electrons. The molecular weight excluding hydrogens is 190 g/mol. The van der Waals surface area contributed by atoms with Gasteiger partial charge in [0, 0.05) is 25.2 Å². The molecule has 1 heterocycles. The largest absolute Gasteiger partial charge is 0.335 e. The first-order valence-corrected chi connectivity index (χ1v) is 6.08. The summed E-state index contributed by atoms with van der Waals surface area (Å²) < 4.78 is 0. The second-order valence-electron chi connectivity index (χ2n) is 4.56. The van der Waals surface area contributed by atoms with Crippen LogP contribution in [0.3, 0.4) is 0 Å². The van der Waals surface area contributed by atoms with E-state index in [0.29, 0.717) is 12.1 Å². The van der Waals surface area contributed by atoms with Crippen molar-refractivity contribution in [2.24, 2.45) is 0 Å². The molecule has 2 rings (SSSR count). The minimum absolute atomic E-state index is 0.119. The van der Waals surface area contributed by atoms with Crippen LogP contribution in [-0.2, 0) is 0 Å². The summed E-state index contributed by atoms with van der Waals surface area (Å²) in [5.41, 5.74) is 0. The molecule has 1 unspecified atom stereocenters. The molecule has 1 aliphatic heterocycles. The zero-order valence-corrected chi connectivity index (χ0v) is 9.46. The van der Waals surface area contributed by atoms with E-state index in [9.17, 15) is 4.79 Å². The van der Waals surface area contributed by atoms with Gasteiger partial charge in [0.05, 0.1) is 0 Å². The molecule has 1 saturated heterocycles. The highest BCUT2D eigenvalue weighted by atomic mass is 16.2. The SMILES string of the molecule is CCN(CC1CCCN1)C(=O)NC1CC1. The Kier molecular flexibility index (Phi) is 3.46. The average molecular weight is 211 g/mol. The third-order valence-electron chi connectivity index (χ3n) is 3.18. The first-order chi connectivity index (χ1) is 7.29. The van der Waals surface area contributed by atoms with Crippen molar-refractivity contribution < 1.29 is 4.79 Å². The van der Waals surface area contributed by atoms with E-state index in [1.807, 2.05) is 11.8 Å². The Morgan fingerprint density at radius 1 is 1.47 bits per heavy atom. The van der Waals surface area contributed by atoms with Gasteiger partial charge in [0.15, 0.2) is 0 Å². The number of carbonyl (C=O) groups is 1. The molecule has 2 amide bonds. The van der Waals surface area contributed by atoms with E-state index in [-0.39, 0.29) is 6.03 Å². The first kappa shape index (κ1) is 10.7. The minimum atomic E-state index is 0.119. The van der Waals surface area contributed by atoms with Gasteiger partial charge in [-0.1, -0.05) is 0 Å². The monoisotopic (exact) mass is 211 g/mol. The Balaban J connectivity index is 1.76. The molecule has 4 heteroatoms. The number of carbonyl (C=O) groups excluding carboxylic acids is 1. The molecule has 0 aromatic heterocycles. The minimum Gasteiger partial charge on any atom is -0.335 e. The molecular formula is C11H21N3O. The summed E-state index contributed by atoms with van der Waals surface area (Å²) in [7, 11) is 0. The molecule has 0 bridgehead atoms. The van der Waals surface area contributed by atoms with Gasteiger partial charge in [0.1, 0.15) is 0 Å². The molecule has 1 saturated carbocycles. The summed E-state index contributed by atoms with van der Waals surface area (Å²) in [5, 5.41) is 6.46. The van der Waals surface area contributed by atoms with Crippen LogP contribution in [0, 0.1) is 0 Å². The van der Waals surface area contributed by atoms with Crippen LogP contribution in [0.1, 0.15) is 32.6 Å². The number of nitrogens with one attached hydrogen (secondary N) is 2. The van der Waals surface area contributed by atoms with Gasteiger partial charge in [-0.2, -0.15) is 0 Å². The van der Waals surface area contributed by atoms with Gasteiger partial charge in [-0.15, -0.1) is 0 Å². The number of nitrogens with zero attached hydrogens (tertiary/aromatic N) is 1. The van der Waals surface area contributed by atoms with Crippen molar-refractivity contribution in [3.8, 4) is 0 Å². The quantitative estimate of drug-likeness (QED) is 0.726. The summed E-state index contributed by atoms with van der Waals surface area (Å²) in [6.07, 6.45) is 4.76. The summed E-state index contributed by atoms with van der Waals surface area (Å²) in [5.74, 6) is 0. The van der Waals surface area contributed by atoms with Crippen molar-refractivity contribution in [2.45, 2.75) is 44.7 Å². The Hall–Kier alpha value is -0.770. The van der Waals surface area contributed by atoms with Crippen LogP contribution >= 0.6 is 0 Å². The van der Waals surface area contributed by atoms with E-state index in [1.54, 1.807) is 0 Å². The number of amides is 2. The number of likely N-dealkylation sites (N-methyl/N-ethyl adjacent to an activating group) is 1. The zero-order chi connectivity index (χ0) is 10.7. The van der Waals surface area contributed by atoms with E-state index in [0.717, 1.165) is 32.5 Å².